The van der Waals surface area contributed by atoms with Crippen LogP contribution in [-0.4, -0.2) is 4.83 Å². The summed E-state index contributed by atoms with van der Waals surface area (Å²) in [5.74, 6) is 0.948. The molecule has 0 aliphatic carbocycles. The number of hydrogen-bond donors (Lipinski definition) is 0. The fourth-order valence-electron chi connectivity index (χ4n) is 2.32. The summed E-state index contributed by atoms with van der Waals surface area (Å²) in [5, 5.41) is 0. The Balaban J connectivity index is 3.25. The van der Waals surface area contributed by atoms with Crippen molar-refractivity contribution >= 4 is 15.9 Å². The zero-order valence-corrected chi connectivity index (χ0v) is 13.9. The van der Waals surface area contributed by atoms with Crippen LogP contribution >= 0.6 is 15.9 Å². The molecule has 0 nitrogen and oxygen atoms in total. The Morgan fingerprint density at radius 3 is 1.76 bits per heavy atom. The van der Waals surface area contributed by atoms with Crippen molar-refractivity contribution in [1.82, 2.24) is 0 Å². The third-order valence-corrected chi connectivity index (χ3v) is 4.55. The van der Waals surface area contributed by atoms with E-state index in [-0.39, 0.29) is 0 Å². The number of halogens is 1. The molecule has 0 fully saturated rings. The first-order valence-corrected chi connectivity index (χ1v) is 8.76. The topological polar surface area (TPSA) is 0 Å². The third-order valence-electron chi connectivity index (χ3n) is 3.64. The quantitative estimate of drug-likeness (QED) is 0.277. The van der Waals surface area contributed by atoms with Gasteiger partial charge in [0, 0.05) is 4.83 Å². The van der Waals surface area contributed by atoms with Crippen molar-refractivity contribution in [2.45, 2.75) is 96.2 Å². The zero-order chi connectivity index (χ0) is 12.9. The normalized spacial score (nSPS) is 14.8. The van der Waals surface area contributed by atoms with E-state index in [1.54, 1.807) is 0 Å². The minimum atomic E-state index is 0.778. The van der Waals surface area contributed by atoms with Crippen LogP contribution in [0.2, 0.25) is 0 Å². The van der Waals surface area contributed by atoms with Crippen molar-refractivity contribution in [1.29, 1.82) is 0 Å². The maximum absolute atomic E-state index is 3.82. The van der Waals surface area contributed by atoms with Gasteiger partial charge in [-0.2, -0.15) is 0 Å². The minimum Gasteiger partial charge on any atom is -0.0891 e. The molecule has 17 heavy (non-hydrogen) atoms. The van der Waals surface area contributed by atoms with Crippen molar-refractivity contribution in [2.75, 3.05) is 0 Å². The predicted molar refractivity (Wildman–Crippen MR) is 84.0 cm³/mol. The van der Waals surface area contributed by atoms with Crippen LogP contribution in [0.5, 0.6) is 0 Å². The van der Waals surface area contributed by atoms with Gasteiger partial charge in [0.05, 0.1) is 0 Å². The summed E-state index contributed by atoms with van der Waals surface area (Å²) in [5.41, 5.74) is 0. The highest BCUT2D eigenvalue weighted by atomic mass is 79.9. The van der Waals surface area contributed by atoms with Crippen LogP contribution in [0.3, 0.4) is 0 Å². The van der Waals surface area contributed by atoms with Crippen LogP contribution < -0.4 is 0 Å². The van der Waals surface area contributed by atoms with Crippen molar-refractivity contribution < 1.29 is 0 Å². The molecule has 1 heteroatoms. The van der Waals surface area contributed by atoms with E-state index in [2.05, 4.69) is 36.7 Å². The molecule has 0 spiro atoms. The van der Waals surface area contributed by atoms with Crippen molar-refractivity contribution in [3.63, 3.8) is 0 Å². The van der Waals surface area contributed by atoms with Crippen LogP contribution in [0, 0.1) is 5.92 Å². The SMILES string of the molecule is CCCCCC(Br)CCCCC(C)CCCC. The van der Waals surface area contributed by atoms with E-state index in [1.165, 1.54) is 70.6 Å². The zero-order valence-electron chi connectivity index (χ0n) is 12.3. The van der Waals surface area contributed by atoms with Gasteiger partial charge in [0.15, 0.2) is 0 Å². The second kappa shape index (κ2) is 12.9. The molecule has 0 aromatic rings. The summed E-state index contributed by atoms with van der Waals surface area (Å²) in [6.07, 6.45) is 15.4. The highest BCUT2D eigenvalue weighted by Gasteiger charge is 2.05. The van der Waals surface area contributed by atoms with Crippen molar-refractivity contribution in [3.05, 3.63) is 0 Å². The fraction of sp³-hybridized carbons (Fsp3) is 1.00. The van der Waals surface area contributed by atoms with Gasteiger partial charge in [0.1, 0.15) is 0 Å². The highest BCUT2D eigenvalue weighted by Crippen LogP contribution is 2.20. The van der Waals surface area contributed by atoms with Crippen LogP contribution in [0.25, 0.3) is 0 Å². The van der Waals surface area contributed by atoms with Crippen molar-refractivity contribution in [2.24, 2.45) is 5.92 Å². The molecule has 0 aliphatic rings. The molecule has 0 saturated carbocycles. The lowest BCUT2D eigenvalue weighted by Gasteiger charge is -2.12. The average Bonchev–Trinajstić information content (AvgIpc) is 2.32. The van der Waals surface area contributed by atoms with Gasteiger partial charge in [-0.15, -0.1) is 0 Å². The Morgan fingerprint density at radius 2 is 1.18 bits per heavy atom. The highest BCUT2D eigenvalue weighted by molar-refractivity contribution is 9.09. The first-order valence-electron chi connectivity index (χ1n) is 7.84. The van der Waals surface area contributed by atoms with Crippen LogP contribution in [0.1, 0.15) is 91.4 Å². The Hall–Kier alpha value is 0.480. The van der Waals surface area contributed by atoms with E-state index < -0.39 is 0 Å². The Morgan fingerprint density at radius 1 is 0.706 bits per heavy atom. The number of rotatable bonds is 12. The summed E-state index contributed by atoms with van der Waals surface area (Å²) in [7, 11) is 0. The number of alkyl halides is 1. The summed E-state index contributed by atoms with van der Waals surface area (Å²) in [6.45, 7) is 6.99. The molecule has 0 rings (SSSR count). The summed E-state index contributed by atoms with van der Waals surface area (Å²) in [4.78, 5) is 0.778. The lowest BCUT2D eigenvalue weighted by atomic mass is 9.97. The Labute approximate surface area is 118 Å². The van der Waals surface area contributed by atoms with E-state index in [9.17, 15) is 0 Å². The van der Waals surface area contributed by atoms with Gasteiger partial charge in [-0.1, -0.05) is 94.5 Å². The van der Waals surface area contributed by atoms with Gasteiger partial charge >= 0.3 is 0 Å². The molecule has 0 aromatic carbocycles. The Kier molecular flexibility index (Phi) is 13.3. The first-order chi connectivity index (χ1) is 8.20. The molecule has 0 radical (unpaired) electrons. The molecular weight excluding hydrogens is 272 g/mol. The van der Waals surface area contributed by atoms with E-state index in [1.807, 2.05) is 0 Å². The van der Waals surface area contributed by atoms with Gasteiger partial charge in [0.25, 0.3) is 0 Å². The van der Waals surface area contributed by atoms with E-state index in [0.717, 1.165) is 10.7 Å². The maximum Gasteiger partial charge on any atom is 0.0145 e. The molecule has 0 saturated heterocycles. The standard InChI is InChI=1S/C16H33Br/c1-4-6-8-13-16(17)14-10-9-12-15(3)11-7-5-2/h15-16H,4-14H2,1-3H3. The maximum atomic E-state index is 3.82. The lowest BCUT2D eigenvalue weighted by Crippen LogP contribution is -1.99. The van der Waals surface area contributed by atoms with Gasteiger partial charge < -0.3 is 0 Å². The third kappa shape index (κ3) is 12.7. The van der Waals surface area contributed by atoms with Gasteiger partial charge in [-0.25, -0.2) is 0 Å². The van der Waals surface area contributed by atoms with Crippen LogP contribution in [-0.2, 0) is 0 Å². The van der Waals surface area contributed by atoms with E-state index >= 15 is 0 Å². The fourth-order valence-corrected chi connectivity index (χ4v) is 2.96. The van der Waals surface area contributed by atoms with Crippen LogP contribution in [0.15, 0.2) is 0 Å². The van der Waals surface area contributed by atoms with Gasteiger partial charge in [-0.3, -0.25) is 0 Å². The van der Waals surface area contributed by atoms with Crippen molar-refractivity contribution in [3.8, 4) is 0 Å². The molecule has 2 unspecified atom stereocenters. The lowest BCUT2D eigenvalue weighted by molar-refractivity contribution is 0.443. The van der Waals surface area contributed by atoms with Crippen LogP contribution in [0.4, 0.5) is 0 Å². The number of unbranched alkanes of at least 4 members (excludes halogenated alkanes) is 4. The second-order valence-corrected chi connectivity index (χ2v) is 6.92. The smallest absolute Gasteiger partial charge is 0.0145 e. The molecule has 0 N–H and O–H groups in total. The first kappa shape index (κ1) is 17.5. The summed E-state index contributed by atoms with van der Waals surface area (Å²) >= 11 is 3.82. The molecule has 2 atom stereocenters. The monoisotopic (exact) mass is 304 g/mol. The largest absolute Gasteiger partial charge is 0.0891 e. The average molecular weight is 305 g/mol. The molecule has 0 bridgehead atoms. The molecule has 0 heterocycles. The van der Waals surface area contributed by atoms with E-state index in [4.69, 9.17) is 0 Å². The molecular formula is C16H33Br. The number of hydrogen-bond acceptors (Lipinski definition) is 0. The van der Waals surface area contributed by atoms with E-state index in [0.29, 0.717) is 0 Å². The molecule has 0 aromatic heterocycles. The Bertz CT molecular complexity index is 144. The summed E-state index contributed by atoms with van der Waals surface area (Å²) < 4.78 is 0. The van der Waals surface area contributed by atoms with Gasteiger partial charge in [0.2, 0.25) is 0 Å². The summed E-state index contributed by atoms with van der Waals surface area (Å²) in [6, 6.07) is 0. The molecule has 104 valence electrons. The predicted octanol–water partition coefficient (Wildman–Crippen LogP) is 6.72. The second-order valence-electron chi connectivity index (χ2n) is 5.62. The van der Waals surface area contributed by atoms with Gasteiger partial charge in [-0.05, 0) is 18.8 Å². The molecule has 0 aliphatic heterocycles. The molecule has 0 amide bonds. The minimum absolute atomic E-state index is 0.778.